The number of halogens is 3. The van der Waals surface area contributed by atoms with E-state index in [1.54, 1.807) is 26.8 Å². The average molecular weight is 680 g/mol. The van der Waals surface area contributed by atoms with E-state index < -0.39 is 12.3 Å². The number of hydrogen-bond donors (Lipinski definition) is 0. The van der Waals surface area contributed by atoms with Gasteiger partial charge in [0, 0.05) is 24.3 Å². The van der Waals surface area contributed by atoms with Crippen molar-refractivity contribution in [1.82, 2.24) is 15.0 Å². The zero-order valence-corrected chi connectivity index (χ0v) is 32.5. The van der Waals surface area contributed by atoms with Crippen LogP contribution in [-0.4, -0.2) is 27.3 Å². The van der Waals surface area contributed by atoms with Gasteiger partial charge in [0.2, 0.25) is 0 Å². The Balaban J connectivity index is 0.000000565. The lowest BCUT2D eigenvalue weighted by Crippen LogP contribution is -2.14. The third kappa shape index (κ3) is 24.3. The van der Waals surface area contributed by atoms with Crippen molar-refractivity contribution in [2.24, 2.45) is 11.8 Å². The van der Waals surface area contributed by atoms with E-state index in [4.69, 9.17) is 0 Å². The standard InChI is InChI=1S/C8H9F.C8H16.C8H10.C7H9N.C6H12F2.C6H8N2/c1-6-3-4-7(2)8(9)5-6;2*1-7-3-5-8(2)6-4-7;1-6-3-4-7(2)8-5-6;1-3-5(7)6(8)4-2;1-5-3-7-6(2)8-4-5/h3-5H,1-2H3;7-8H,3-6H2,1-2H3;3-6H,1-2H3;3-5H,1-2H3;5-6H,3-4H2,1-2H3;3-4H,1-2H3. The zero-order chi connectivity index (χ0) is 37.4. The van der Waals surface area contributed by atoms with Crippen LogP contribution in [0.3, 0.4) is 0 Å². The van der Waals surface area contributed by atoms with Gasteiger partial charge < -0.3 is 0 Å². The van der Waals surface area contributed by atoms with Gasteiger partial charge in [-0.3, -0.25) is 4.98 Å². The van der Waals surface area contributed by atoms with Crippen LogP contribution >= 0.6 is 0 Å². The molecule has 5 rings (SSSR count). The van der Waals surface area contributed by atoms with Crippen molar-refractivity contribution in [3.05, 3.63) is 124 Å². The second kappa shape index (κ2) is 26.3. The van der Waals surface area contributed by atoms with Gasteiger partial charge in [-0.1, -0.05) is 107 Å². The van der Waals surface area contributed by atoms with Gasteiger partial charge in [-0.25, -0.2) is 23.1 Å². The van der Waals surface area contributed by atoms with Crippen molar-refractivity contribution < 1.29 is 13.2 Å². The van der Waals surface area contributed by atoms with Crippen LogP contribution in [0.1, 0.15) is 111 Å². The number of hydrogen-bond acceptors (Lipinski definition) is 3. The van der Waals surface area contributed by atoms with Gasteiger partial charge in [-0.05, 0) is 114 Å². The molecule has 0 amide bonds. The summed E-state index contributed by atoms with van der Waals surface area (Å²) in [7, 11) is 0. The molecule has 2 unspecified atom stereocenters. The highest BCUT2D eigenvalue weighted by molar-refractivity contribution is 5.22. The van der Waals surface area contributed by atoms with Crippen LogP contribution in [0, 0.1) is 73.0 Å². The minimum atomic E-state index is -1.25. The highest BCUT2D eigenvalue weighted by Crippen LogP contribution is 2.27. The first-order valence-electron chi connectivity index (χ1n) is 17.8. The van der Waals surface area contributed by atoms with Crippen LogP contribution in [0.5, 0.6) is 0 Å². The summed E-state index contributed by atoms with van der Waals surface area (Å²) in [6.07, 6.45) is 9.45. The molecule has 272 valence electrons. The molecule has 1 aliphatic carbocycles. The molecule has 1 fully saturated rings. The number of benzene rings is 2. The summed E-state index contributed by atoms with van der Waals surface area (Å²) in [6.45, 7) is 23.7. The summed E-state index contributed by atoms with van der Waals surface area (Å²) >= 11 is 0. The molecule has 49 heavy (non-hydrogen) atoms. The Morgan fingerprint density at radius 2 is 0.939 bits per heavy atom. The van der Waals surface area contributed by atoms with Gasteiger partial charge in [0.25, 0.3) is 0 Å². The van der Waals surface area contributed by atoms with E-state index in [2.05, 4.69) is 73.0 Å². The molecule has 0 radical (unpaired) electrons. The Bertz CT molecular complexity index is 1180. The Morgan fingerprint density at radius 1 is 0.551 bits per heavy atom. The summed E-state index contributed by atoms with van der Waals surface area (Å²) in [6, 6.07) is 17.8. The number of pyridine rings is 1. The molecule has 3 nitrogen and oxygen atoms in total. The van der Waals surface area contributed by atoms with Crippen molar-refractivity contribution in [2.45, 2.75) is 134 Å². The predicted octanol–water partition coefficient (Wildman–Crippen LogP) is 12.9. The van der Waals surface area contributed by atoms with Gasteiger partial charge in [0.15, 0.2) is 0 Å². The van der Waals surface area contributed by atoms with E-state index in [-0.39, 0.29) is 18.7 Å². The molecule has 0 bridgehead atoms. The van der Waals surface area contributed by atoms with E-state index in [0.717, 1.165) is 34.5 Å². The van der Waals surface area contributed by atoms with Crippen LogP contribution < -0.4 is 0 Å². The zero-order valence-electron chi connectivity index (χ0n) is 32.5. The highest BCUT2D eigenvalue weighted by Gasteiger charge is 2.14. The molecular formula is C43H64F3N3. The summed E-state index contributed by atoms with van der Waals surface area (Å²) in [5.74, 6) is 2.75. The fourth-order valence-electron chi connectivity index (χ4n) is 4.27. The van der Waals surface area contributed by atoms with E-state index in [0.29, 0.717) is 5.56 Å². The molecule has 1 saturated carbocycles. The maximum absolute atomic E-state index is 12.6. The van der Waals surface area contributed by atoms with Crippen LogP contribution in [0.2, 0.25) is 0 Å². The Kier molecular flexibility index (Phi) is 24.4. The lowest BCUT2D eigenvalue weighted by Gasteiger charge is -2.22. The lowest BCUT2D eigenvalue weighted by molar-refractivity contribution is 0.158. The smallest absolute Gasteiger partial charge is 0.131 e. The third-order valence-electron chi connectivity index (χ3n) is 7.99. The van der Waals surface area contributed by atoms with Gasteiger partial charge >= 0.3 is 0 Å². The number of aromatic nitrogens is 3. The number of rotatable bonds is 3. The van der Waals surface area contributed by atoms with Gasteiger partial charge in [0.1, 0.15) is 24.0 Å². The van der Waals surface area contributed by atoms with Crippen molar-refractivity contribution in [3.63, 3.8) is 0 Å². The van der Waals surface area contributed by atoms with Gasteiger partial charge in [-0.15, -0.1) is 0 Å². The Hall–Kier alpha value is -3.54. The van der Waals surface area contributed by atoms with E-state index in [9.17, 15) is 13.2 Å². The molecule has 2 heterocycles. The largest absolute Gasteiger partial charge is 0.261 e. The molecule has 0 saturated heterocycles. The first-order chi connectivity index (χ1) is 23.1. The van der Waals surface area contributed by atoms with E-state index >= 15 is 0 Å². The Morgan fingerprint density at radius 3 is 1.24 bits per heavy atom. The quantitative estimate of drug-likeness (QED) is 0.216. The van der Waals surface area contributed by atoms with Crippen LogP contribution in [0.4, 0.5) is 13.2 Å². The number of nitrogens with zero attached hydrogens (tertiary/aromatic N) is 3. The first-order valence-corrected chi connectivity index (χ1v) is 17.8. The fourth-order valence-corrected chi connectivity index (χ4v) is 4.27. The minimum absolute atomic E-state index is 0.116. The van der Waals surface area contributed by atoms with Gasteiger partial charge in [0.05, 0.1) is 0 Å². The normalized spacial score (nSPS) is 15.7. The molecule has 6 heteroatoms. The predicted molar refractivity (Wildman–Crippen MR) is 204 cm³/mol. The maximum Gasteiger partial charge on any atom is 0.131 e. The topological polar surface area (TPSA) is 38.7 Å². The SMILES string of the molecule is CC1CCC(C)CC1.CCC(F)C(F)CC.Cc1ccc(C)c(F)c1.Cc1ccc(C)cc1.Cc1ccc(C)nc1.Cc1cnc(C)nc1. The van der Waals surface area contributed by atoms with Gasteiger partial charge in [-0.2, -0.15) is 0 Å². The second-order valence-electron chi connectivity index (χ2n) is 13.4. The molecule has 0 spiro atoms. The summed E-state index contributed by atoms with van der Waals surface area (Å²) < 4.78 is 36.9. The van der Waals surface area contributed by atoms with Crippen molar-refractivity contribution in [3.8, 4) is 0 Å². The van der Waals surface area contributed by atoms with E-state index in [1.807, 2.05) is 65.3 Å². The fraction of sp³-hybridized carbons (Fsp3) is 0.512. The minimum Gasteiger partial charge on any atom is -0.261 e. The molecule has 1 aliphatic rings. The average Bonchev–Trinajstić information content (AvgIpc) is 3.09. The summed E-state index contributed by atoms with van der Waals surface area (Å²) in [5.41, 5.74) is 7.74. The highest BCUT2D eigenvalue weighted by atomic mass is 19.2. The first kappa shape index (κ1) is 45.5. The maximum atomic E-state index is 12.6. The van der Waals surface area contributed by atoms with Crippen LogP contribution in [0.15, 0.2) is 73.2 Å². The molecular weight excluding hydrogens is 615 g/mol. The third-order valence-corrected chi connectivity index (χ3v) is 7.99. The monoisotopic (exact) mass is 680 g/mol. The number of aryl methyl sites for hydroxylation is 8. The van der Waals surface area contributed by atoms with Crippen LogP contribution in [-0.2, 0) is 0 Å². The molecule has 2 atom stereocenters. The molecule has 0 N–H and O–H groups in total. The molecule has 2 aromatic carbocycles. The van der Waals surface area contributed by atoms with Crippen molar-refractivity contribution in [2.75, 3.05) is 0 Å². The molecule has 0 aliphatic heterocycles. The van der Waals surface area contributed by atoms with Crippen LogP contribution in [0.25, 0.3) is 0 Å². The molecule has 4 aromatic rings. The van der Waals surface area contributed by atoms with E-state index in [1.165, 1.54) is 48.4 Å². The lowest BCUT2D eigenvalue weighted by atomic mass is 9.84. The summed E-state index contributed by atoms with van der Waals surface area (Å²) in [4.78, 5) is 12.0. The second-order valence-corrected chi connectivity index (χ2v) is 13.4. The van der Waals surface area contributed by atoms with Crippen molar-refractivity contribution in [1.29, 1.82) is 0 Å². The van der Waals surface area contributed by atoms with Crippen molar-refractivity contribution >= 4 is 0 Å². The molecule has 2 aromatic heterocycles. The Labute approximate surface area is 297 Å². The number of alkyl halides is 2. The summed E-state index contributed by atoms with van der Waals surface area (Å²) in [5, 5.41) is 0.